The van der Waals surface area contributed by atoms with Crippen LogP contribution in [0.5, 0.6) is 0 Å². The molecule has 5 unspecified atom stereocenters. The van der Waals surface area contributed by atoms with Crippen LogP contribution in [0.1, 0.15) is 87.0 Å². The lowest BCUT2D eigenvalue weighted by Crippen LogP contribution is -2.24. The lowest BCUT2D eigenvalue weighted by atomic mass is 9.80. The molecule has 0 spiro atoms. The van der Waals surface area contributed by atoms with Gasteiger partial charge in [0.1, 0.15) is 6.17 Å². The topological polar surface area (TPSA) is 0 Å². The summed E-state index contributed by atoms with van der Waals surface area (Å²) >= 11 is 0. The van der Waals surface area contributed by atoms with Gasteiger partial charge in [-0.25, -0.2) is 4.39 Å². The Morgan fingerprint density at radius 3 is 1.85 bits per heavy atom. The van der Waals surface area contributed by atoms with E-state index in [0.717, 1.165) is 12.3 Å². The fraction of sp³-hybridized carbons (Fsp3) is 1.00. The highest BCUT2D eigenvalue weighted by Crippen LogP contribution is 2.30. The largest absolute Gasteiger partial charge is 0.247 e. The molecule has 0 amide bonds. The van der Waals surface area contributed by atoms with Crippen molar-refractivity contribution >= 4 is 0 Å². The summed E-state index contributed by atoms with van der Waals surface area (Å²) < 4.78 is 14.5. The van der Waals surface area contributed by atoms with Gasteiger partial charge in [-0.2, -0.15) is 0 Å². The summed E-state index contributed by atoms with van der Waals surface area (Å²) in [4.78, 5) is 0. The van der Waals surface area contributed by atoms with Crippen LogP contribution in [-0.4, -0.2) is 6.17 Å². The maximum atomic E-state index is 14.5. The van der Waals surface area contributed by atoms with Crippen molar-refractivity contribution in [2.75, 3.05) is 0 Å². The predicted molar refractivity (Wildman–Crippen MR) is 89.8 cm³/mol. The molecule has 0 rings (SSSR count). The molecule has 0 aliphatic carbocycles. The summed E-state index contributed by atoms with van der Waals surface area (Å²) in [5.41, 5.74) is 0. The van der Waals surface area contributed by atoms with Gasteiger partial charge < -0.3 is 0 Å². The van der Waals surface area contributed by atoms with Crippen LogP contribution in [0.4, 0.5) is 4.39 Å². The highest BCUT2D eigenvalue weighted by atomic mass is 19.1. The van der Waals surface area contributed by atoms with E-state index in [0.29, 0.717) is 17.8 Å². The molecule has 0 radical (unpaired) electrons. The molecule has 0 saturated carbocycles. The first-order chi connectivity index (χ1) is 9.29. The zero-order chi connectivity index (χ0) is 15.7. The van der Waals surface area contributed by atoms with E-state index in [1.54, 1.807) is 0 Å². The van der Waals surface area contributed by atoms with Crippen molar-refractivity contribution in [3.05, 3.63) is 0 Å². The van der Waals surface area contributed by atoms with Crippen molar-refractivity contribution in [1.82, 2.24) is 0 Å². The highest BCUT2D eigenvalue weighted by molar-refractivity contribution is 4.75. The van der Waals surface area contributed by atoms with Gasteiger partial charge >= 0.3 is 0 Å². The zero-order valence-corrected chi connectivity index (χ0v) is 15.1. The number of hydrogen-bond acceptors (Lipinski definition) is 0. The van der Waals surface area contributed by atoms with E-state index in [9.17, 15) is 4.39 Å². The first-order valence-corrected chi connectivity index (χ1v) is 8.93. The van der Waals surface area contributed by atoms with Crippen LogP contribution in [0.2, 0.25) is 0 Å². The summed E-state index contributed by atoms with van der Waals surface area (Å²) in [6.07, 6.45) is 6.29. The lowest BCUT2D eigenvalue weighted by molar-refractivity contribution is 0.135. The fourth-order valence-corrected chi connectivity index (χ4v) is 2.83. The Balaban J connectivity index is 4.13. The van der Waals surface area contributed by atoms with E-state index >= 15 is 0 Å². The van der Waals surface area contributed by atoms with Gasteiger partial charge in [-0.05, 0) is 36.0 Å². The van der Waals surface area contributed by atoms with E-state index in [2.05, 4.69) is 48.5 Å². The second kappa shape index (κ2) is 10.6. The van der Waals surface area contributed by atoms with Crippen molar-refractivity contribution in [2.24, 2.45) is 29.6 Å². The van der Waals surface area contributed by atoms with Crippen LogP contribution in [-0.2, 0) is 0 Å². The molecular formula is C19H39F. The van der Waals surface area contributed by atoms with Crippen LogP contribution in [0.25, 0.3) is 0 Å². The monoisotopic (exact) mass is 286 g/mol. The Labute approximate surface area is 127 Å². The van der Waals surface area contributed by atoms with Crippen LogP contribution in [0.3, 0.4) is 0 Å². The average molecular weight is 287 g/mol. The smallest absolute Gasteiger partial charge is 0.103 e. The van der Waals surface area contributed by atoms with Crippen molar-refractivity contribution in [3.63, 3.8) is 0 Å². The average Bonchev–Trinajstić information content (AvgIpc) is 2.40. The molecule has 0 aliphatic rings. The Kier molecular flexibility index (Phi) is 10.6. The number of alkyl halides is 1. The van der Waals surface area contributed by atoms with Crippen LogP contribution < -0.4 is 0 Å². The van der Waals surface area contributed by atoms with Gasteiger partial charge in [-0.15, -0.1) is 0 Å². The quantitative estimate of drug-likeness (QED) is 0.388. The molecule has 0 fully saturated rings. The molecule has 0 bridgehead atoms. The van der Waals surface area contributed by atoms with Gasteiger partial charge in [0.25, 0.3) is 0 Å². The van der Waals surface area contributed by atoms with Gasteiger partial charge in [0.05, 0.1) is 0 Å². The third kappa shape index (κ3) is 8.27. The van der Waals surface area contributed by atoms with Crippen molar-refractivity contribution in [1.29, 1.82) is 0 Å². The molecule has 1 heteroatoms. The Morgan fingerprint density at radius 1 is 0.750 bits per heavy atom. The summed E-state index contributed by atoms with van der Waals surface area (Å²) in [5.74, 6) is 2.61. The predicted octanol–water partition coefficient (Wildman–Crippen LogP) is 6.89. The van der Waals surface area contributed by atoms with Gasteiger partial charge in [-0.3, -0.25) is 0 Å². The molecule has 0 nitrogen and oxygen atoms in total. The molecule has 5 atom stereocenters. The fourth-order valence-electron chi connectivity index (χ4n) is 2.83. The van der Waals surface area contributed by atoms with E-state index in [4.69, 9.17) is 0 Å². The van der Waals surface area contributed by atoms with Gasteiger partial charge in [0, 0.05) is 0 Å². The molecule has 0 aromatic heterocycles. The molecule has 0 aromatic rings. The minimum Gasteiger partial charge on any atom is -0.247 e. The van der Waals surface area contributed by atoms with E-state index in [1.165, 1.54) is 32.1 Å². The molecule has 0 aliphatic heterocycles. The van der Waals surface area contributed by atoms with Crippen LogP contribution >= 0.6 is 0 Å². The first kappa shape index (κ1) is 19.9. The third-order valence-electron chi connectivity index (χ3n) is 5.25. The third-order valence-corrected chi connectivity index (χ3v) is 5.25. The van der Waals surface area contributed by atoms with E-state index < -0.39 is 6.17 Å². The SMILES string of the molecule is CCCCC(C)C(C)CC(F)C(C)C(C)CCC(C)C. The second-order valence-electron chi connectivity index (χ2n) is 7.66. The molecule has 0 saturated heterocycles. The molecule has 0 heterocycles. The van der Waals surface area contributed by atoms with E-state index in [-0.39, 0.29) is 5.92 Å². The second-order valence-corrected chi connectivity index (χ2v) is 7.66. The highest BCUT2D eigenvalue weighted by Gasteiger charge is 2.25. The Morgan fingerprint density at radius 2 is 1.35 bits per heavy atom. The summed E-state index contributed by atoms with van der Waals surface area (Å²) in [6.45, 7) is 15.6. The van der Waals surface area contributed by atoms with Gasteiger partial charge in [-0.1, -0.05) is 80.6 Å². The lowest BCUT2D eigenvalue weighted by Gasteiger charge is -2.28. The zero-order valence-electron chi connectivity index (χ0n) is 15.1. The molecule has 0 aromatic carbocycles. The van der Waals surface area contributed by atoms with Gasteiger partial charge in [0.2, 0.25) is 0 Å². The minimum absolute atomic E-state index is 0.203. The van der Waals surface area contributed by atoms with Crippen molar-refractivity contribution in [3.8, 4) is 0 Å². The normalized spacial score (nSPS) is 19.6. The molecule has 0 N–H and O–H groups in total. The number of unbranched alkanes of at least 4 members (excludes halogenated alkanes) is 1. The number of halogens is 1. The standard InChI is InChI=1S/C19H39F/c1-8-9-10-15(4)17(6)13-19(20)18(7)16(5)12-11-14(2)3/h14-19H,8-13H2,1-7H3. The van der Waals surface area contributed by atoms with Crippen LogP contribution in [0, 0.1) is 29.6 Å². The van der Waals surface area contributed by atoms with Crippen LogP contribution in [0.15, 0.2) is 0 Å². The van der Waals surface area contributed by atoms with Crippen molar-refractivity contribution < 1.29 is 4.39 Å². The maximum Gasteiger partial charge on any atom is 0.103 e. The molecule has 122 valence electrons. The molecular weight excluding hydrogens is 247 g/mol. The Bertz CT molecular complexity index is 224. The number of hydrogen-bond donors (Lipinski definition) is 0. The summed E-state index contributed by atoms with van der Waals surface area (Å²) in [7, 11) is 0. The maximum absolute atomic E-state index is 14.5. The number of rotatable bonds is 11. The van der Waals surface area contributed by atoms with Gasteiger partial charge in [0.15, 0.2) is 0 Å². The summed E-state index contributed by atoms with van der Waals surface area (Å²) in [6, 6.07) is 0. The van der Waals surface area contributed by atoms with E-state index in [1.807, 2.05) is 0 Å². The first-order valence-electron chi connectivity index (χ1n) is 8.93. The minimum atomic E-state index is -0.628. The summed E-state index contributed by atoms with van der Waals surface area (Å²) in [5, 5.41) is 0. The van der Waals surface area contributed by atoms with Crippen molar-refractivity contribution in [2.45, 2.75) is 93.2 Å². The molecule has 20 heavy (non-hydrogen) atoms. The Hall–Kier alpha value is -0.0700.